The average Bonchev–Trinajstić information content (AvgIpc) is 3.48. The quantitative estimate of drug-likeness (QED) is 0.102. The second kappa shape index (κ2) is 12.5. The molecule has 4 nitrogen and oxygen atoms in total. The number of unbranched alkanes of at least 4 members (excludes halogenated alkanes) is 1. The van der Waals surface area contributed by atoms with Crippen LogP contribution in [0.15, 0.2) is 12.2 Å². The zero-order valence-electron chi connectivity index (χ0n) is 23.2. The normalized spacial score (nSPS) is 26.2. The van der Waals surface area contributed by atoms with Crippen LogP contribution in [-0.4, -0.2) is 54.9 Å². The van der Waals surface area contributed by atoms with Crippen molar-refractivity contribution in [3.63, 3.8) is 0 Å². The van der Waals surface area contributed by atoms with Gasteiger partial charge in [-0.05, 0) is 100 Å². The molecule has 3 atom stereocenters. The van der Waals surface area contributed by atoms with E-state index in [4.69, 9.17) is 21.1 Å². The lowest BCUT2D eigenvalue weighted by atomic mass is 9.61. The summed E-state index contributed by atoms with van der Waals surface area (Å²) in [5.74, 6) is 0.251. The molecule has 1 N–H and O–H groups in total. The summed E-state index contributed by atoms with van der Waals surface area (Å²) in [7, 11) is -1.81. The van der Waals surface area contributed by atoms with Gasteiger partial charge in [0, 0.05) is 12.5 Å². The highest BCUT2D eigenvalue weighted by Gasteiger charge is 2.50. The van der Waals surface area contributed by atoms with Crippen molar-refractivity contribution in [3.05, 3.63) is 12.2 Å². The highest BCUT2D eigenvalue weighted by atomic mass is 35.5. The van der Waals surface area contributed by atoms with Crippen LogP contribution in [-0.2, 0) is 9.22 Å². The lowest BCUT2D eigenvalue weighted by molar-refractivity contribution is -0.137. The summed E-state index contributed by atoms with van der Waals surface area (Å²) in [5, 5.41) is 9.26. The van der Waals surface area contributed by atoms with Gasteiger partial charge < -0.3 is 9.53 Å². The Morgan fingerprint density at radius 2 is 1.91 bits per heavy atom. The number of halogens is 1. The standard InChI is InChI=1S/C29H52ClNO3Si/c1-28(2,3)35(4,5)34-26(29(18-11-19-29)22-23-15-16-23)13-10-20-31-21-17-24(30)25(31)12-8-6-7-9-14-27(32)33/h6,8,23-26H,7,9-22H2,1-5H3,(H,32,33)/b8-6-. The van der Waals surface area contributed by atoms with Crippen LogP contribution < -0.4 is 0 Å². The van der Waals surface area contributed by atoms with E-state index in [1.165, 1.54) is 51.4 Å². The van der Waals surface area contributed by atoms with Gasteiger partial charge in [-0.25, -0.2) is 0 Å². The molecule has 3 unspecified atom stereocenters. The number of hydrogen-bond acceptors (Lipinski definition) is 3. The Kier molecular flexibility index (Phi) is 10.4. The van der Waals surface area contributed by atoms with E-state index in [0.29, 0.717) is 24.0 Å². The van der Waals surface area contributed by atoms with Gasteiger partial charge in [0.1, 0.15) is 0 Å². The van der Waals surface area contributed by atoms with Gasteiger partial charge in [-0.2, -0.15) is 0 Å². The molecule has 1 heterocycles. The van der Waals surface area contributed by atoms with Gasteiger partial charge >= 0.3 is 5.97 Å². The predicted octanol–water partition coefficient (Wildman–Crippen LogP) is 8.01. The summed E-state index contributed by atoms with van der Waals surface area (Å²) < 4.78 is 7.21. The molecule has 35 heavy (non-hydrogen) atoms. The van der Waals surface area contributed by atoms with Crippen molar-refractivity contribution in [1.29, 1.82) is 0 Å². The summed E-state index contributed by atoms with van der Waals surface area (Å²) in [4.78, 5) is 13.3. The van der Waals surface area contributed by atoms with Gasteiger partial charge in [-0.15, -0.1) is 11.6 Å². The number of aliphatic carboxylic acids is 1. The minimum atomic E-state index is -1.81. The van der Waals surface area contributed by atoms with Crippen LogP contribution >= 0.6 is 11.6 Å². The first-order chi connectivity index (χ1) is 16.4. The van der Waals surface area contributed by atoms with E-state index in [1.54, 1.807) is 0 Å². The topological polar surface area (TPSA) is 49.8 Å². The average molecular weight is 526 g/mol. The van der Waals surface area contributed by atoms with E-state index in [-0.39, 0.29) is 16.8 Å². The van der Waals surface area contributed by atoms with E-state index in [0.717, 1.165) is 38.3 Å². The van der Waals surface area contributed by atoms with E-state index in [1.807, 2.05) is 0 Å². The third-order valence-corrected chi connectivity index (χ3v) is 14.5. The van der Waals surface area contributed by atoms with Gasteiger partial charge in [-0.1, -0.05) is 52.2 Å². The molecule has 2 aliphatic carbocycles. The minimum absolute atomic E-state index is 0.214. The molecule has 0 spiro atoms. The predicted molar refractivity (Wildman–Crippen MR) is 150 cm³/mol. The molecule has 1 saturated heterocycles. The smallest absolute Gasteiger partial charge is 0.303 e. The van der Waals surface area contributed by atoms with Crippen molar-refractivity contribution >= 4 is 25.9 Å². The Hall–Kier alpha value is -0.363. The number of alkyl halides is 1. The highest BCUT2D eigenvalue weighted by molar-refractivity contribution is 6.74. The maximum Gasteiger partial charge on any atom is 0.303 e. The maximum absolute atomic E-state index is 10.7. The molecule has 1 aliphatic heterocycles. The van der Waals surface area contributed by atoms with Crippen LogP contribution in [0.25, 0.3) is 0 Å². The molecule has 0 bridgehead atoms. The van der Waals surface area contributed by atoms with Crippen molar-refractivity contribution in [2.45, 2.75) is 140 Å². The Balaban J connectivity index is 1.55. The third-order valence-electron chi connectivity index (χ3n) is 9.46. The molecule has 0 radical (unpaired) electrons. The van der Waals surface area contributed by atoms with Crippen molar-refractivity contribution < 1.29 is 14.3 Å². The van der Waals surface area contributed by atoms with Gasteiger partial charge in [0.2, 0.25) is 0 Å². The monoisotopic (exact) mass is 525 g/mol. The molecular formula is C29H52ClNO3Si. The molecule has 3 aliphatic rings. The first-order valence-electron chi connectivity index (χ1n) is 14.4. The van der Waals surface area contributed by atoms with Crippen LogP contribution in [0.1, 0.15) is 104 Å². The largest absolute Gasteiger partial charge is 0.481 e. The number of carbonyl (C=O) groups is 1. The Labute approximate surface area is 221 Å². The van der Waals surface area contributed by atoms with Crippen molar-refractivity contribution in [1.82, 2.24) is 4.90 Å². The van der Waals surface area contributed by atoms with Crippen LogP contribution in [0.5, 0.6) is 0 Å². The lowest BCUT2D eigenvalue weighted by Gasteiger charge is -2.52. The summed E-state index contributed by atoms with van der Waals surface area (Å²) in [6, 6.07) is 0.399. The number of rotatable bonds is 15. The van der Waals surface area contributed by atoms with Gasteiger partial charge in [0.05, 0.1) is 11.5 Å². The fourth-order valence-corrected chi connectivity index (χ4v) is 7.66. The highest BCUT2D eigenvalue weighted by Crippen LogP contribution is 2.56. The number of allylic oxidation sites excluding steroid dienone is 1. The number of carboxylic acids is 1. The fourth-order valence-electron chi connectivity index (χ4n) is 5.86. The number of hydrogen-bond donors (Lipinski definition) is 1. The van der Waals surface area contributed by atoms with Gasteiger partial charge in [0.15, 0.2) is 8.32 Å². The molecule has 0 amide bonds. The van der Waals surface area contributed by atoms with Crippen molar-refractivity contribution in [2.75, 3.05) is 13.1 Å². The number of likely N-dealkylation sites (tertiary alicyclic amines) is 1. The Morgan fingerprint density at radius 1 is 1.20 bits per heavy atom. The summed E-state index contributed by atoms with van der Waals surface area (Å²) in [5.41, 5.74) is 0.439. The number of carboxylic acid groups (broad SMARTS) is 1. The molecule has 3 fully saturated rings. The van der Waals surface area contributed by atoms with Crippen LogP contribution in [0.2, 0.25) is 18.1 Å². The van der Waals surface area contributed by atoms with E-state index >= 15 is 0 Å². The van der Waals surface area contributed by atoms with Crippen molar-refractivity contribution in [2.24, 2.45) is 11.3 Å². The van der Waals surface area contributed by atoms with Gasteiger partial charge in [-0.3, -0.25) is 9.69 Å². The fraction of sp³-hybridized carbons (Fsp3) is 0.897. The molecule has 2 saturated carbocycles. The Bertz CT molecular complexity index is 711. The molecule has 3 rings (SSSR count). The second-order valence-electron chi connectivity index (χ2n) is 13.3. The lowest BCUT2D eigenvalue weighted by Crippen LogP contribution is -2.52. The number of nitrogens with zero attached hydrogens (tertiary/aromatic N) is 1. The van der Waals surface area contributed by atoms with E-state index in [2.05, 4.69) is 50.9 Å². The maximum atomic E-state index is 10.7. The molecular weight excluding hydrogens is 474 g/mol. The Morgan fingerprint density at radius 3 is 2.49 bits per heavy atom. The third kappa shape index (κ3) is 8.31. The second-order valence-corrected chi connectivity index (χ2v) is 18.6. The zero-order chi connectivity index (χ0) is 25.7. The molecule has 0 aromatic rings. The first kappa shape index (κ1) is 29.2. The van der Waals surface area contributed by atoms with Gasteiger partial charge in [0.25, 0.3) is 0 Å². The van der Waals surface area contributed by atoms with Crippen molar-refractivity contribution in [3.8, 4) is 0 Å². The summed E-state index contributed by atoms with van der Waals surface area (Å²) in [6.07, 6.45) is 19.4. The molecule has 6 heteroatoms. The molecule has 202 valence electrons. The van der Waals surface area contributed by atoms with E-state index in [9.17, 15) is 4.79 Å². The van der Waals surface area contributed by atoms with E-state index < -0.39 is 14.3 Å². The minimum Gasteiger partial charge on any atom is -0.481 e. The molecule has 0 aromatic carbocycles. The SMILES string of the molecule is CC(C)(C)[Si](C)(C)OC(CCCN1CCC(Cl)C1C/C=C\CCCC(=O)O)C1(CC2CC2)CCC1. The zero-order valence-corrected chi connectivity index (χ0v) is 24.9. The summed E-state index contributed by atoms with van der Waals surface area (Å²) in [6.45, 7) is 14.2. The first-order valence-corrected chi connectivity index (χ1v) is 17.7. The van der Waals surface area contributed by atoms with Crippen LogP contribution in [0.3, 0.4) is 0 Å². The molecule has 0 aromatic heterocycles. The van der Waals surface area contributed by atoms with Crippen LogP contribution in [0, 0.1) is 11.3 Å². The van der Waals surface area contributed by atoms with Crippen LogP contribution in [0.4, 0.5) is 0 Å². The summed E-state index contributed by atoms with van der Waals surface area (Å²) >= 11 is 6.73.